The maximum absolute atomic E-state index is 13.6. The zero-order valence-corrected chi connectivity index (χ0v) is 15.6. The quantitative estimate of drug-likeness (QED) is 0.526. The van der Waals surface area contributed by atoms with Crippen LogP contribution in [-0.4, -0.2) is 18.0 Å². The summed E-state index contributed by atoms with van der Waals surface area (Å²) >= 11 is 1.61. The van der Waals surface area contributed by atoms with E-state index in [1.54, 1.807) is 37.4 Å². The van der Waals surface area contributed by atoms with Crippen LogP contribution in [0.3, 0.4) is 0 Å². The van der Waals surface area contributed by atoms with Gasteiger partial charge in [0.2, 0.25) is 0 Å². The first kappa shape index (κ1) is 18.1. The van der Waals surface area contributed by atoms with E-state index < -0.39 is 0 Å². The van der Waals surface area contributed by atoms with Crippen LogP contribution in [0.1, 0.15) is 16.1 Å². The van der Waals surface area contributed by atoms with Gasteiger partial charge in [0.05, 0.1) is 12.2 Å². The van der Waals surface area contributed by atoms with Crippen molar-refractivity contribution in [2.45, 2.75) is 20.0 Å². The highest BCUT2D eigenvalue weighted by molar-refractivity contribution is 7.09. The second-order valence-electron chi connectivity index (χ2n) is 5.86. The Bertz CT molecular complexity index is 890. The first-order chi connectivity index (χ1) is 12.7. The molecule has 3 rings (SSSR count). The van der Waals surface area contributed by atoms with Gasteiger partial charge in [0, 0.05) is 24.5 Å². The zero-order chi connectivity index (χ0) is 18.4. The van der Waals surface area contributed by atoms with Crippen molar-refractivity contribution in [3.05, 3.63) is 75.9 Å². The maximum Gasteiger partial charge on any atom is 0.191 e. The van der Waals surface area contributed by atoms with Gasteiger partial charge in [0.15, 0.2) is 5.96 Å². The highest BCUT2D eigenvalue weighted by Gasteiger charge is 2.06. The predicted molar refractivity (Wildman–Crippen MR) is 106 cm³/mol. The SMILES string of the molecule is CN=C(NCc1ccc(C)c(F)c1)NCc1nc(-c2ccccc2)cs1. The first-order valence-electron chi connectivity index (χ1n) is 8.35. The zero-order valence-electron chi connectivity index (χ0n) is 14.8. The summed E-state index contributed by atoms with van der Waals surface area (Å²) in [5.74, 6) is 0.464. The number of rotatable bonds is 5. The van der Waals surface area contributed by atoms with Crippen LogP contribution in [0.15, 0.2) is 58.9 Å². The molecular weight excluding hydrogens is 347 g/mol. The van der Waals surface area contributed by atoms with Gasteiger partial charge < -0.3 is 10.6 Å². The summed E-state index contributed by atoms with van der Waals surface area (Å²) in [6.45, 7) is 2.84. The van der Waals surface area contributed by atoms with Crippen LogP contribution in [0.2, 0.25) is 0 Å². The number of aromatic nitrogens is 1. The fourth-order valence-corrected chi connectivity index (χ4v) is 3.19. The normalized spacial score (nSPS) is 11.4. The van der Waals surface area contributed by atoms with Gasteiger partial charge in [-0.2, -0.15) is 0 Å². The van der Waals surface area contributed by atoms with Crippen LogP contribution < -0.4 is 10.6 Å². The summed E-state index contributed by atoms with van der Waals surface area (Å²) in [6, 6.07) is 15.3. The van der Waals surface area contributed by atoms with Gasteiger partial charge in [-0.05, 0) is 24.1 Å². The van der Waals surface area contributed by atoms with E-state index in [0.29, 0.717) is 24.6 Å². The van der Waals surface area contributed by atoms with Gasteiger partial charge in [0.25, 0.3) is 0 Å². The fraction of sp³-hybridized carbons (Fsp3) is 0.200. The van der Waals surface area contributed by atoms with E-state index in [4.69, 9.17) is 0 Å². The lowest BCUT2D eigenvalue weighted by Gasteiger charge is -2.11. The van der Waals surface area contributed by atoms with Gasteiger partial charge in [-0.15, -0.1) is 11.3 Å². The number of hydrogen-bond acceptors (Lipinski definition) is 3. The summed E-state index contributed by atoms with van der Waals surface area (Å²) in [5.41, 5.74) is 3.61. The summed E-state index contributed by atoms with van der Waals surface area (Å²) < 4.78 is 13.6. The molecule has 0 bridgehead atoms. The molecular formula is C20H21FN4S. The molecule has 0 spiro atoms. The third kappa shape index (κ3) is 4.67. The van der Waals surface area contributed by atoms with Crippen molar-refractivity contribution in [2.24, 2.45) is 4.99 Å². The summed E-state index contributed by atoms with van der Waals surface area (Å²) in [6.07, 6.45) is 0. The Morgan fingerprint density at radius 3 is 2.62 bits per heavy atom. The minimum Gasteiger partial charge on any atom is -0.352 e. The van der Waals surface area contributed by atoms with E-state index >= 15 is 0 Å². The lowest BCUT2D eigenvalue weighted by Crippen LogP contribution is -2.36. The van der Waals surface area contributed by atoms with Crippen LogP contribution >= 0.6 is 11.3 Å². The average molecular weight is 368 g/mol. The number of hydrogen-bond donors (Lipinski definition) is 2. The molecule has 3 aromatic rings. The van der Waals surface area contributed by atoms with Crippen molar-refractivity contribution in [3.8, 4) is 11.3 Å². The molecule has 1 heterocycles. The van der Waals surface area contributed by atoms with E-state index in [1.807, 2.05) is 36.4 Å². The fourth-order valence-electron chi connectivity index (χ4n) is 2.45. The molecule has 0 aliphatic carbocycles. The topological polar surface area (TPSA) is 49.3 Å². The Kier molecular flexibility index (Phi) is 5.96. The van der Waals surface area contributed by atoms with Crippen molar-refractivity contribution in [1.29, 1.82) is 0 Å². The third-order valence-electron chi connectivity index (χ3n) is 3.95. The molecule has 0 fully saturated rings. The molecule has 1 aromatic heterocycles. The molecule has 4 nitrogen and oxygen atoms in total. The average Bonchev–Trinajstić information content (AvgIpc) is 3.14. The molecule has 0 aliphatic heterocycles. The Hall–Kier alpha value is -2.73. The Morgan fingerprint density at radius 2 is 1.88 bits per heavy atom. The van der Waals surface area contributed by atoms with Crippen molar-refractivity contribution < 1.29 is 4.39 Å². The lowest BCUT2D eigenvalue weighted by molar-refractivity contribution is 0.615. The minimum absolute atomic E-state index is 0.191. The molecule has 0 radical (unpaired) electrons. The van der Waals surface area contributed by atoms with E-state index in [9.17, 15) is 4.39 Å². The third-order valence-corrected chi connectivity index (χ3v) is 4.80. The minimum atomic E-state index is -0.191. The van der Waals surface area contributed by atoms with Gasteiger partial charge >= 0.3 is 0 Å². The van der Waals surface area contributed by atoms with Gasteiger partial charge in [-0.3, -0.25) is 4.99 Å². The highest BCUT2D eigenvalue weighted by atomic mass is 32.1. The molecule has 26 heavy (non-hydrogen) atoms. The highest BCUT2D eigenvalue weighted by Crippen LogP contribution is 2.21. The number of aliphatic imine (C=N–C) groups is 1. The van der Waals surface area contributed by atoms with E-state index in [-0.39, 0.29) is 5.82 Å². The number of halogens is 1. The second-order valence-corrected chi connectivity index (χ2v) is 6.80. The number of nitrogens with zero attached hydrogens (tertiary/aromatic N) is 2. The molecule has 0 unspecified atom stereocenters. The summed E-state index contributed by atoms with van der Waals surface area (Å²) in [7, 11) is 1.71. The van der Waals surface area contributed by atoms with E-state index in [2.05, 4.69) is 26.0 Å². The Labute approximate surface area is 156 Å². The second kappa shape index (κ2) is 8.58. The van der Waals surface area contributed by atoms with Gasteiger partial charge in [-0.1, -0.05) is 42.5 Å². The van der Waals surface area contributed by atoms with Crippen molar-refractivity contribution >= 4 is 17.3 Å². The molecule has 134 valence electrons. The Morgan fingerprint density at radius 1 is 1.12 bits per heavy atom. The predicted octanol–water partition coefficient (Wildman–Crippen LogP) is 4.12. The molecule has 2 N–H and O–H groups in total. The smallest absolute Gasteiger partial charge is 0.191 e. The summed E-state index contributed by atoms with van der Waals surface area (Å²) in [5, 5.41) is 9.46. The number of nitrogens with one attached hydrogen (secondary N) is 2. The van der Waals surface area contributed by atoms with Crippen molar-refractivity contribution in [1.82, 2.24) is 15.6 Å². The monoisotopic (exact) mass is 368 g/mol. The van der Waals surface area contributed by atoms with Crippen LogP contribution in [-0.2, 0) is 13.1 Å². The first-order valence-corrected chi connectivity index (χ1v) is 9.23. The van der Waals surface area contributed by atoms with Crippen LogP contribution in [0, 0.1) is 12.7 Å². The van der Waals surface area contributed by atoms with Crippen molar-refractivity contribution in [2.75, 3.05) is 7.05 Å². The van der Waals surface area contributed by atoms with Crippen LogP contribution in [0.4, 0.5) is 4.39 Å². The largest absolute Gasteiger partial charge is 0.352 e. The molecule has 0 saturated heterocycles. The van der Waals surface area contributed by atoms with Gasteiger partial charge in [-0.25, -0.2) is 9.37 Å². The Balaban J connectivity index is 1.54. The molecule has 0 aliphatic rings. The number of thiazole rings is 1. The number of benzene rings is 2. The van der Waals surface area contributed by atoms with Crippen LogP contribution in [0.5, 0.6) is 0 Å². The van der Waals surface area contributed by atoms with E-state index in [1.165, 1.54) is 0 Å². The molecule has 0 amide bonds. The number of aryl methyl sites for hydroxylation is 1. The molecule has 0 atom stereocenters. The summed E-state index contributed by atoms with van der Waals surface area (Å²) in [4.78, 5) is 8.85. The molecule has 6 heteroatoms. The van der Waals surface area contributed by atoms with Crippen LogP contribution in [0.25, 0.3) is 11.3 Å². The lowest BCUT2D eigenvalue weighted by atomic mass is 10.1. The standard InChI is InChI=1S/C20H21FN4S/c1-14-8-9-15(10-17(14)21)11-23-20(22-2)24-12-19-25-18(13-26-19)16-6-4-3-5-7-16/h3-10,13H,11-12H2,1-2H3,(H2,22,23,24). The maximum atomic E-state index is 13.6. The number of guanidine groups is 1. The van der Waals surface area contributed by atoms with Crippen molar-refractivity contribution in [3.63, 3.8) is 0 Å². The van der Waals surface area contributed by atoms with E-state index in [0.717, 1.165) is 21.8 Å². The molecule has 0 saturated carbocycles. The molecule has 2 aromatic carbocycles. The van der Waals surface area contributed by atoms with Gasteiger partial charge in [0.1, 0.15) is 10.8 Å².